The van der Waals surface area contributed by atoms with Crippen molar-refractivity contribution in [2.45, 2.75) is 4.90 Å². The number of nitrogens with zero attached hydrogens (tertiary/aromatic N) is 2. The average Bonchev–Trinajstić information content (AvgIpc) is 2.66. The Labute approximate surface area is 155 Å². The van der Waals surface area contributed by atoms with Crippen molar-refractivity contribution in [1.29, 1.82) is 0 Å². The number of phenols is 1. The molecule has 0 heterocycles. The van der Waals surface area contributed by atoms with Crippen molar-refractivity contribution in [2.75, 3.05) is 0 Å². The summed E-state index contributed by atoms with van der Waals surface area (Å²) in [4.78, 5) is -0.153. The molecule has 0 radical (unpaired) electrons. The van der Waals surface area contributed by atoms with Gasteiger partial charge in [0.25, 0.3) is 10.1 Å². The molecule has 0 aromatic heterocycles. The van der Waals surface area contributed by atoms with Gasteiger partial charge in [0.15, 0.2) is 0 Å². The van der Waals surface area contributed by atoms with Gasteiger partial charge in [0.05, 0.1) is 16.3 Å². The van der Waals surface area contributed by atoms with Gasteiger partial charge in [0.2, 0.25) is 0 Å². The van der Waals surface area contributed by atoms with Crippen LogP contribution in [0.3, 0.4) is 0 Å². The summed E-state index contributed by atoms with van der Waals surface area (Å²) in [5.41, 5.74) is 1.23. The monoisotopic (exact) mass is 378 g/mol. The maximum absolute atomic E-state index is 11.2. The Kier molecular flexibility index (Phi) is 4.10. The molecule has 6 nitrogen and oxygen atoms in total. The Bertz CT molecular complexity index is 1310. The van der Waals surface area contributed by atoms with Gasteiger partial charge >= 0.3 is 0 Å². The summed E-state index contributed by atoms with van der Waals surface area (Å²) in [6.45, 7) is 0. The van der Waals surface area contributed by atoms with Crippen LogP contribution in [-0.4, -0.2) is 18.1 Å². The SMILES string of the molecule is O=S(=O)(O)c1ccc2cc(N=Nc3ccc(O)c4ccccc34)ccc2c1. The third-order valence-corrected chi connectivity index (χ3v) is 5.09. The van der Waals surface area contributed by atoms with E-state index in [-0.39, 0.29) is 10.6 Å². The van der Waals surface area contributed by atoms with Gasteiger partial charge in [-0.1, -0.05) is 36.4 Å². The number of benzene rings is 4. The van der Waals surface area contributed by atoms with Crippen LogP contribution >= 0.6 is 0 Å². The number of phenolic OH excluding ortho intramolecular Hbond substituents is 1. The van der Waals surface area contributed by atoms with E-state index in [1.54, 1.807) is 36.4 Å². The number of rotatable bonds is 3. The average molecular weight is 378 g/mol. The van der Waals surface area contributed by atoms with E-state index in [9.17, 15) is 13.5 Å². The van der Waals surface area contributed by atoms with E-state index in [2.05, 4.69) is 10.2 Å². The minimum Gasteiger partial charge on any atom is -0.507 e. The molecule has 0 saturated carbocycles. The molecule has 0 saturated heterocycles. The van der Waals surface area contributed by atoms with E-state index in [0.29, 0.717) is 22.1 Å². The van der Waals surface area contributed by atoms with Gasteiger partial charge in [-0.05, 0) is 47.2 Å². The van der Waals surface area contributed by atoms with Crippen LogP contribution in [0.2, 0.25) is 0 Å². The van der Waals surface area contributed by atoms with Crippen LogP contribution in [0.25, 0.3) is 21.5 Å². The normalized spacial score (nSPS) is 12.2. The molecule has 0 spiro atoms. The fourth-order valence-electron chi connectivity index (χ4n) is 2.90. The first-order valence-corrected chi connectivity index (χ1v) is 9.50. The van der Waals surface area contributed by atoms with Crippen molar-refractivity contribution < 1.29 is 18.1 Å². The van der Waals surface area contributed by atoms with Crippen LogP contribution in [0.5, 0.6) is 5.75 Å². The summed E-state index contributed by atoms with van der Waals surface area (Å²) in [7, 11) is -4.24. The first-order valence-electron chi connectivity index (χ1n) is 8.05. The number of hydrogen-bond acceptors (Lipinski definition) is 5. The standard InChI is InChI=1S/C20H14N2O4S/c23-20-10-9-19(17-3-1-2-4-18(17)20)22-21-15-7-5-14-12-16(27(24,25)26)8-6-13(14)11-15/h1-12,23H,(H,24,25,26). The van der Waals surface area contributed by atoms with Crippen molar-refractivity contribution in [2.24, 2.45) is 10.2 Å². The molecular formula is C20H14N2O4S. The molecule has 4 aromatic rings. The highest BCUT2D eigenvalue weighted by Gasteiger charge is 2.10. The van der Waals surface area contributed by atoms with E-state index in [4.69, 9.17) is 4.55 Å². The maximum Gasteiger partial charge on any atom is 0.294 e. The van der Waals surface area contributed by atoms with Crippen LogP contribution in [0.15, 0.2) is 87.9 Å². The van der Waals surface area contributed by atoms with E-state index in [1.165, 1.54) is 12.1 Å². The highest BCUT2D eigenvalue weighted by molar-refractivity contribution is 7.85. The smallest absolute Gasteiger partial charge is 0.294 e. The highest BCUT2D eigenvalue weighted by Crippen LogP contribution is 2.33. The van der Waals surface area contributed by atoms with Gasteiger partial charge in [-0.25, -0.2) is 0 Å². The molecule has 0 unspecified atom stereocenters. The molecule has 2 N–H and O–H groups in total. The van der Waals surface area contributed by atoms with Gasteiger partial charge in [0, 0.05) is 10.8 Å². The van der Waals surface area contributed by atoms with Gasteiger partial charge in [-0.2, -0.15) is 13.5 Å². The van der Waals surface area contributed by atoms with Crippen molar-refractivity contribution in [3.05, 3.63) is 72.8 Å². The molecule has 0 atom stereocenters. The van der Waals surface area contributed by atoms with Crippen LogP contribution < -0.4 is 0 Å². The summed E-state index contributed by atoms with van der Waals surface area (Å²) in [5, 5.41) is 21.4. The summed E-state index contributed by atoms with van der Waals surface area (Å²) < 4.78 is 31.6. The molecule has 0 amide bonds. The second-order valence-electron chi connectivity index (χ2n) is 6.02. The number of aromatic hydroxyl groups is 1. The lowest BCUT2D eigenvalue weighted by Crippen LogP contribution is -1.97. The fraction of sp³-hybridized carbons (Fsp3) is 0. The van der Waals surface area contributed by atoms with E-state index in [0.717, 1.165) is 10.8 Å². The Morgan fingerprint density at radius 1 is 0.741 bits per heavy atom. The molecule has 0 aliphatic rings. The Morgan fingerprint density at radius 2 is 1.44 bits per heavy atom. The Hall–Kier alpha value is -3.29. The van der Waals surface area contributed by atoms with Crippen LogP contribution in [0, 0.1) is 0 Å². The summed E-state index contributed by atoms with van der Waals surface area (Å²) in [5.74, 6) is 0.185. The van der Waals surface area contributed by atoms with Gasteiger partial charge in [-0.15, -0.1) is 5.11 Å². The van der Waals surface area contributed by atoms with E-state index < -0.39 is 10.1 Å². The summed E-state index contributed by atoms with van der Waals surface area (Å²) >= 11 is 0. The first-order chi connectivity index (χ1) is 12.9. The quantitative estimate of drug-likeness (QED) is 0.370. The van der Waals surface area contributed by atoms with Gasteiger partial charge in [-0.3, -0.25) is 4.55 Å². The van der Waals surface area contributed by atoms with Gasteiger partial charge in [0.1, 0.15) is 5.75 Å². The topological polar surface area (TPSA) is 99.3 Å². The van der Waals surface area contributed by atoms with Crippen molar-refractivity contribution >= 4 is 43.0 Å². The minimum atomic E-state index is -4.24. The lowest BCUT2D eigenvalue weighted by Gasteiger charge is -2.04. The van der Waals surface area contributed by atoms with Crippen molar-refractivity contribution in [1.82, 2.24) is 0 Å². The molecule has 134 valence electrons. The highest BCUT2D eigenvalue weighted by atomic mass is 32.2. The van der Waals surface area contributed by atoms with E-state index >= 15 is 0 Å². The molecule has 4 rings (SSSR count). The predicted octanol–water partition coefficient (Wildman–Crippen LogP) is 5.36. The number of hydrogen-bond donors (Lipinski definition) is 2. The first kappa shape index (κ1) is 17.1. The molecule has 0 aliphatic carbocycles. The molecule has 0 bridgehead atoms. The molecule has 0 fully saturated rings. The Morgan fingerprint density at radius 3 is 2.22 bits per heavy atom. The second kappa shape index (κ2) is 6.46. The largest absolute Gasteiger partial charge is 0.507 e. The van der Waals surface area contributed by atoms with Crippen LogP contribution in [0.4, 0.5) is 11.4 Å². The zero-order chi connectivity index (χ0) is 19.0. The minimum absolute atomic E-state index is 0.153. The molecule has 27 heavy (non-hydrogen) atoms. The lowest BCUT2D eigenvalue weighted by molar-refractivity contribution is 0.481. The molecule has 7 heteroatoms. The summed E-state index contributed by atoms with van der Waals surface area (Å²) in [6.07, 6.45) is 0. The second-order valence-corrected chi connectivity index (χ2v) is 7.44. The third kappa shape index (κ3) is 3.38. The Balaban J connectivity index is 1.73. The number of azo groups is 1. The van der Waals surface area contributed by atoms with Crippen LogP contribution in [0.1, 0.15) is 0 Å². The molecule has 4 aromatic carbocycles. The van der Waals surface area contributed by atoms with Crippen molar-refractivity contribution in [3.8, 4) is 5.75 Å². The third-order valence-electron chi connectivity index (χ3n) is 4.24. The molecule has 0 aliphatic heterocycles. The fourth-order valence-corrected chi connectivity index (χ4v) is 3.42. The molecular weight excluding hydrogens is 364 g/mol. The summed E-state index contributed by atoms with van der Waals surface area (Å²) in [6, 6.07) is 20.2. The zero-order valence-corrected chi connectivity index (χ0v) is 14.8. The number of fused-ring (bicyclic) bond motifs is 2. The van der Waals surface area contributed by atoms with E-state index in [1.807, 2.05) is 24.3 Å². The zero-order valence-electron chi connectivity index (χ0n) is 13.9. The maximum atomic E-state index is 11.2. The predicted molar refractivity (Wildman–Crippen MR) is 104 cm³/mol. The van der Waals surface area contributed by atoms with Crippen LogP contribution in [-0.2, 0) is 10.1 Å². The lowest BCUT2D eigenvalue weighted by atomic mass is 10.1. The van der Waals surface area contributed by atoms with Gasteiger partial charge < -0.3 is 5.11 Å². The van der Waals surface area contributed by atoms with Crippen molar-refractivity contribution in [3.63, 3.8) is 0 Å².